The first-order valence-electron chi connectivity index (χ1n) is 9.31. The van der Waals surface area contributed by atoms with Crippen LogP contribution in [-0.2, 0) is 12.9 Å². The van der Waals surface area contributed by atoms with E-state index in [0.29, 0.717) is 0 Å². The molecule has 2 aromatic carbocycles. The average molecular weight is 472 g/mol. The van der Waals surface area contributed by atoms with Crippen LogP contribution in [0, 0.1) is 0 Å². The van der Waals surface area contributed by atoms with Gasteiger partial charge in [-0.2, -0.15) is 13.2 Å². The molecular weight excluding hydrogens is 457 g/mol. The minimum atomic E-state index is -4.99. The molecule has 1 heterocycles. The molecule has 174 valence electrons. The van der Waals surface area contributed by atoms with Gasteiger partial charge in [0.15, 0.2) is 0 Å². The number of amides is 1. The van der Waals surface area contributed by atoms with Crippen molar-refractivity contribution in [3.63, 3.8) is 0 Å². The summed E-state index contributed by atoms with van der Waals surface area (Å²) in [6, 6.07) is 9.84. The Morgan fingerprint density at radius 2 is 1.67 bits per heavy atom. The molecule has 3 aromatic rings. The van der Waals surface area contributed by atoms with Crippen LogP contribution >= 0.6 is 0 Å². The molecule has 0 aliphatic heterocycles. The van der Waals surface area contributed by atoms with Crippen LogP contribution in [0.5, 0.6) is 5.75 Å². The van der Waals surface area contributed by atoms with Gasteiger partial charge in [-0.15, -0.1) is 13.2 Å². The summed E-state index contributed by atoms with van der Waals surface area (Å²) in [6.07, 6.45) is -8.69. The number of nitrogens with zero attached hydrogens (tertiary/aromatic N) is 1. The van der Waals surface area contributed by atoms with Crippen LogP contribution in [-0.4, -0.2) is 17.3 Å². The Hall–Kier alpha value is -3.63. The number of carbonyl (C=O) groups is 1. The smallest absolute Gasteiger partial charge is 0.406 e. The van der Waals surface area contributed by atoms with Gasteiger partial charge in [0.25, 0.3) is 5.91 Å². The van der Waals surface area contributed by atoms with Crippen molar-refractivity contribution in [3.05, 3.63) is 94.8 Å². The number of halogens is 7. The third kappa shape index (κ3) is 6.21. The maximum Gasteiger partial charge on any atom is 0.573 e. The molecule has 0 unspecified atom stereocenters. The van der Waals surface area contributed by atoms with Crippen molar-refractivity contribution < 1.29 is 40.3 Å². The normalized spacial score (nSPS) is 12.8. The lowest BCUT2D eigenvalue weighted by Crippen LogP contribution is -2.31. The molecule has 11 heteroatoms. The third-order valence-corrected chi connectivity index (χ3v) is 4.49. The van der Waals surface area contributed by atoms with E-state index < -0.39 is 48.2 Å². The number of benzene rings is 2. The molecule has 33 heavy (non-hydrogen) atoms. The van der Waals surface area contributed by atoms with Crippen molar-refractivity contribution >= 4 is 5.91 Å². The zero-order chi connectivity index (χ0) is 24.2. The van der Waals surface area contributed by atoms with E-state index in [1.165, 1.54) is 30.3 Å². The Morgan fingerprint density at radius 1 is 0.970 bits per heavy atom. The Kier molecular flexibility index (Phi) is 6.89. The maximum absolute atomic E-state index is 13.6. The Bertz CT molecular complexity index is 1110. The maximum atomic E-state index is 13.6. The van der Waals surface area contributed by atoms with E-state index in [1.807, 2.05) is 0 Å². The number of ether oxygens (including phenoxy) is 1. The Labute approximate surface area is 183 Å². The van der Waals surface area contributed by atoms with Crippen molar-refractivity contribution in [2.24, 2.45) is 0 Å². The van der Waals surface area contributed by atoms with Gasteiger partial charge in [-0.05, 0) is 41.5 Å². The van der Waals surface area contributed by atoms with Gasteiger partial charge in [0.05, 0.1) is 17.3 Å². The van der Waals surface area contributed by atoms with Crippen LogP contribution in [0.15, 0.2) is 66.9 Å². The SMILES string of the molecule is O=C(N[C@@H](c1ccc(CF)cc1)c1ncccc1C(F)(F)F)c1cccc(OC(F)(F)F)c1. The summed E-state index contributed by atoms with van der Waals surface area (Å²) in [6.45, 7) is -0.805. The van der Waals surface area contributed by atoms with E-state index in [4.69, 9.17) is 0 Å². The van der Waals surface area contributed by atoms with Crippen LogP contribution < -0.4 is 10.1 Å². The fourth-order valence-corrected chi connectivity index (χ4v) is 3.04. The lowest BCUT2D eigenvalue weighted by Gasteiger charge is -2.22. The number of nitrogens with one attached hydrogen (secondary N) is 1. The van der Waals surface area contributed by atoms with Crippen LogP contribution in [0.2, 0.25) is 0 Å². The summed E-state index contributed by atoms with van der Waals surface area (Å²) in [7, 11) is 0. The van der Waals surface area contributed by atoms with Gasteiger partial charge >= 0.3 is 12.5 Å². The highest BCUT2D eigenvalue weighted by atomic mass is 19.4. The molecule has 0 fully saturated rings. The first kappa shape index (κ1) is 24.0. The fourth-order valence-electron chi connectivity index (χ4n) is 3.04. The topological polar surface area (TPSA) is 51.2 Å². The first-order valence-corrected chi connectivity index (χ1v) is 9.31. The summed E-state index contributed by atoms with van der Waals surface area (Å²) >= 11 is 0. The average Bonchev–Trinajstić information content (AvgIpc) is 2.76. The second kappa shape index (κ2) is 9.47. The summed E-state index contributed by atoms with van der Waals surface area (Å²) in [5.41, 5.74) is -1.51. The van der Waals surface area contributed by atoms with E-state index in [-0.39, 0.29) is 16.7 Å². The van der Waals surface area contributed by atoms with Gasteiger partial charge in [0, 0.05) is 11.8 Å². The molecule has 0 radical (unpaired) electrons. The van der Waals surface area contributed by atoms with E-state index in [1.54, 1.807) is 0 Å². The Morgan fingerprint density at radius 3 is 2.27 bits per heavy atom. The second-order valence-corrected chi connectivity index (χ2v) is 6.79. The Balaban J connectivity index is 2.01. The van der Waals surface area contributed by atoms with Crippen molar-refractivity contribution in [2.45, 2.75) is 25.3 Å². The molecular formula is C22H15F7N2O2. The van der Waals surface area contributed by atoms with E-state index in [0.717, 1.165) is 36.5 Å². The molecule has 0 aliphatic rings. The zero-order valence-corrected chi connectivity index (χ0v) is 16.5. The van der Waals surface area contributed by atoms with Crippen LogP contribution in [0.1, 0.15) is 38.8 Å². The highest BCUT2D eigenvalue weighted by Gasteiger charge is 2.37. The van der Waals surface area contributed by atoms with Gasteiger partial charge in [0.1, 0.15) is 12.4 Å². The summed E-state index contributed by atoms with van der Waals surface area (Å²) in [4.78, 5) is 16.6. The van der Waals surface area contributed by atoms with Gasteiger partial charge in [0.2, 0.25) is 0 Å². The number of pyridine rings is 1. The molecule has 0 bridgehead atoms. The van der Waals surface area contributed by atoms with E-state index >= 15 is 0 Å². The number of carbonyl (C=O) groups excluding carboxylic acids is 1. The predicted octanol–water partition coefficient (Wildman–Crippen LogP) is 5.99. The zero-order valence-electron chi connectivity index (χ0n) is 16.5. The molecule has 3 rings (SSSR count). The van der Waals surface area contributed by atoms with Crippen LogP contribution in [0.25, 0.3) is 0 Å². The lowest BCUT2D eigenvalue weighted by molar-refractivity contribution is -0.274. The third-order valence-electron chi connectivity index (χ3n) is 4.49. The second-order valence-electron chi connectivity index (χ2n) is 6.79. The van der Waals surface area contributed by atoms with E-state index in [2.05, 4.69) is 15.0 Å². The molecule has 1 amide bonds. The minimum absolute atomic E-state index is 0.160. The highest BCUT2D eigenvalue weighted by molar-refractivity contribution is 5.95. The van der Waals surface area contributed by atoms with E-state index in [9.17, 15) is 35.5 Å². The van der Waals surface area contributed by atoms with Crippen molar-refractivity contribution in [1.82, 2.24) is 10.3 Å². The minimum Gasteiger partial charge on any atom is -0.406 e. The summed E-state index contributed by atoms with van der Waals surface area (Å²) in [5, 5.41) is 2.37. The number of rotatable bonds is 6. The molecule has 1 N–H and O–H groups in total. The molecule has 0 aliphatic carbocycles. The molecule has 0 saturated carbocycles. The van der Waals surface area contributed by atoms with Crippen molar-refractivity contribution in [2.75, 3.05) is 0 Å². The van der Waals surface area contributed by atoms with Gasteiger partial charge in [-0.25, -0.2) is 4.39 Å². The van der Waals surface area contributed by atoms with Gasteiger partial charge in [-0.3, -0.25) is 9.78 Å². The lowest BCUT2D eigenvalue weighted by atomic mass is 9.97. The molecule has 4 nitrogen and oxygen atoms in total. The number of hydrogen-bond acceptors (Lipinski definition) is 3. The largest absolute Gasteiger partial charge is 0.573 e. The number of aromatic nitrogens is 1. The first-order chi connectivity index (χ1) is 15.5. The predicted molar refractivity (Wildman–Crippen MR) is 103 cm³/mol. The van der Waals surface area contributed by atoms with Gasteiger partial charge < -0.3 is 10.1 Å². The summed E-state index contributed by atoms with van der Waals surface area (Å²) < 4.78 is 94.9. The standard InChI is InChI=1S/C22H15F7N2O2/c23-12-13-6-8-14(9-7-13)18(19-17(21(24,25)26)5-2-10-30-19)31-20(32)15-3-1-4-16(11-15)33-22(27,28)29/h1-11,18H,12H2,(H,31,32)/t18-/m0/s1. The number of alkyl halides is 7. The van der Waals surface area contributed by atoms with Crippen LogP contribution in [0.4, 0.5) is 30.7 Å². The monoisotopic (exact) mass is 472 g/mol. The molecule has 0 spiro atoms. The molecule has 1 aromatic heterocycles. The number of hydrogen-bond donors (Lipinski definition) is 1. The van der Waals surface area contributed by atoms with Gasteiger partial charge in [-0.1, -0.05) is 30.3 Å². The molecule has 0 saturated heterocycles. The van der Waals surface area contributed by atoms with Crippen LogP contribution in [0.3, 0.4) is 0 Å². The fraction of sp³-hybridized carbons (Fsp3) is 0.182. The van der Waals surface area contributed by atoms with Crippen molar-refractivity contribution in [3.8, 4) is 5.75 Å². The van der Waals surface area contributed by atoms with Crippen molar-refractivity contribution in [1.29, 1.82) is 0 Å². The highest BCUT2D eigenvalue weighted by Crippen LogP contribution is 2.35. The summed E-state index contributed by atoms with van der Waals surface area (Å²) in [5.74, 6) is -1.64. The molecule has 1 atom stereocenters. The quantitative estimate of drug-likeness (QED) is 0.449.